The lowest BCUT2D eigenvalue weighted by Gasteiger charge is -2.05. The number of carbonyl (C=O) groups excluding carboxylic acids is 1. The maximum atomic E-state index is 11.7. The fourth-order valence-electron chi connectivity index (χ4n) is 2.26. The second-order valence-corrected chi connectivity index (χ2v) is 5.79. The summed E-state index contributed by atoms with van der Waals surface area (Å²) < 4.78 is 11.0. The highest BCUT2D eigenvalue weighted by atomic mass is 35.5. The first kappa shape index (κ1) is 17.0. The Morgan fingerprint density at radius 1 is 1.16 bits per heavy atom. The lowest BCUT2D eigenvalue weighted by atomic mass is 10.1. The van der Waals surface area contributed by atoms with Crippen LogP contribution in [0.15, 0.2) is 59.1 Å². The summed E-state index contributed by atoms with van der Waals surface area (Å²) in [6, 6.07) is 16.1. The summed E-state index contributed by atoms with van der Waals surface area (Å²) in [7, 11) is 0. The van der Waals surface area contributed by atoms with Gasteiger partial charge in [0.25, 0.3) is 5.91 Å². The van der Waals surface area contributed by atoms with Gasteiger partial charge in [-0.2, -0.15) is 0 Å². The van der Waals surface area contributed by atoms with Crippen LogP contribution in [0.5, 0.6) is 5.75 Å². The SMILES string of the molecule is CCNC(=O)c1ccc(OCc2cc(-c3ccc(Cl)cc3)no2)cc1. The lowest BCUT2D eigenvalue weighted by Crippen LogP contribution is -2.22. The van der Waals surface area contributed by atoms with Crippen LogP contribution in [-0.4, -0.2) is 17.6 Å². The monoisotopic (exact) mass is 356 g/mol. The second-order valence-electron chi connectivity index (χ2n) is 5.36. The molecule has 6 heteroatoms. The highest BCUT2D eigenvalue weighted by Gasteiger charge is 2.08. The first-order chi connectivity index (χ1) is 12.2. The van der Waals surface area contributed by atoms with Gasteiger partial charge in [-0.25, -0.2) is 0 Å². The average molecular weight is 357 g/mol. The maximum Gasteiger partial charge on any atom is 0.251 e. The van der Waals surface area contributed by atoms with Gasteiger partial charge in [-0.1, -0.05) is 28.9 Å². The van der Waals surface area contributed by atoms with Gasteiger partial charge in [0.1, 0.15) is 18.1 Å². The van der Waals surface area contributed by atoms with E-state index in [9.17, 15) is 4.79 Å². The molecule has 0 saturated heterocycles. The Morgan fingerprint density at radius 3 is 2.56 bits per heavy atom. The number of nitrogens with one attached hydrogen (secondary N) is 1. The highest BCUT2D eigenvalue weighted by Crippen LogP contribution is 2.22. The van der Waals surface area contributed by atoms with E-state index in [4.69, 9.17) is 20.9 Å². The van der Waals surface area contributed by atoms with E-state index in [1.54, 1.807) is 36.4 Å². The number of amides is 1. The molecule has 0 unspecified atom stereocenters. The molecule has 2 aromatic carbocycles. The van der Waals surface area contributed by atoms with Gasteiger partial charge >= 0.3 is 0 Å². The van der Waals surface area contributed by atoms with Crippen LogP contribution in [0.3, 0.4) is 0 Å². The van der Waals surface area contributed by atoms with Crippen LogP contribution in [0.1, 0.15) is 23.0 Å². The van der Waals surface area contributed by atoms with E-state index in [0.717, 1.165) is 11.3 Å². The summed E-state index contributed by atoms with van der Waals surface area (Å²) >= 11 is 5.88. The number of hydrogen-bond acceptors (Lipinski definition) is 4. The molecule has 1 N–H and O–H groups in total. The number of hydrogen-bond donors (Lipinski definition) is 1. The molecule has 1 heterocycles. The summed E-state index contributed by atoms with van der Waals surface area (Å²) in [6.07, 6.45) is 0. The third kappa shape index (κ3) is 4.39. The lowest BCUT2D eigenvalue weighted by molar-refractivity contribution is 0.0956. The standard InChI is InChI=1S/C19H17ClN2O3/c1-2-21-19(23)14-5-9-16(10-6-14)24-12-17-11-18(22-25-17)13-3-7-15(20)8-4-13/h3-11H,2,12H2,1H3,(H,21,23). The Morgan fingerprint density at radius 2 is 1.88 bits per heavy atom. The van der Waals surface area contributed by atoms with E-state index in [1.807, 2.05) is 25.1 Å². The van der Waals surface area contributed by atoms with Crippen molar-refractivity contribution in [2.75, 3.05) is 6.54 Å². The largest absolute Gasteiger partial charge is 0.486 e. The zero-order valence-corrected chi connectivity index (χ0v) is 14.4. The number of halogens is 1. The molecule has 0 radical (unpaired) electrons. The molecule has 3 aromatic rings. The van der Waals surface area contributed by atoms with Crippen molar-refractivity contribution >= 4 is 17.5 Å². The highest BCUT2D eigenvalue weighted by molar-refractivity contribution is 6.30. The third-order valence-electron chi connectivity index (χ3n) is 3.53. The number of nitrogens with zero attached hydrogens (tertiary/aromatic N) is 1. The van der Waals surface area contributed by atoms with Crippen molar-refractivity contribution < 1.29 is 14.1 Å². The molecule has 0 aliphatic rings. The molecule has 1 aromatic heterocycles. The number of ether oxygens (including phenoxy) is 1. The molecule has 3 rings (SSSR count). The van der Waals surface area contributed by atoms with E-state index < -0.39 is 0 Å². The van der Waals surface area contributed by atoms with Gasteiger partial charge in [0.05, 0.1) is 0 Å². The zero-order valence-electron chi connectivity index (χ0n) is 13.7. The minimum atomic E-state index is -0.100. The van der Waals surface area contributed by atoms with Gasteiger partial charge in [0, 0.05) is 28.8 Å². The molecular weight excluding hydrogens is 340 g/mol. The molecule has 0 bridgehead atoms. The van der Waals surface area contributed by atoms with Crippen LogP contribution >= 0.6 is 11.6 Å². The van der Waals surface area contributed by atoms with Gasteiger partial charge in [-0.3, -0.25) is 4.79 Å². The summed E-state index contributed by atoms with van der Waals surface area (Å²) in [5.74, 6) is 1.16. The molecule has 128 valence electrons. The van der Waals surface area contributed by atoms with Crippen molar-refractivity contribution in [2.24, 2.45) is 0 Å². The molecule has 0 atom stereocenters. The average Bonchev–Trinajstić information content (AvgIpc) is 3.10. The molecule has 1 amide bonds. The van der Waals surface area contributed by atoms with Crippen molar-refractivity contribution in [2.45, 2.75) is 13.5 Å². The topological polar surface area (TPSA) is 64.4 Å². The molecule has 0 aliphatic carbocycles. The van der Waals surface area contributed by atoms with Crippen molar-refractivity contribution in [3.8, 4) is 17.0 Å². The number of benzene rings is 2. The Bertz CT molecular complexity index is 842. The summed E-state index contributed by atoms with van der Waals surface area (Å²) in [5, 5.41) is 7.46. The van der Waals surface area contributed by atoms with Crippen molar-refractivity contribution in [3.05, 3.63) is 70.9 Å². The third-order valence-corrected chi connectivity index (χ3v) is 3.79. The molecular formula is C19H17ClN2O3. The van der Waals surface area contributed by atoms with Gasteiger partial charge < -0.3 is 14.6 Å². The van der Waals surface area contributed by atoms with Crippen LogP contribution in [0.4, 0.5) is 0 Å². The maximum absolute atomic E-state index is 11.7. The van der Waals surface area contributed by atoms with E-state index in [2.05, 4.69) is 10.5 Å². The minimum absolute atomic E-state index is 0.100. The number of aromatic nitrogens is 1. The first-order valence-corrected chi connectivity index (χ1v) is 8.26. The van der Waals surface area contributed by atoms with Gasteiger partial charge in [0.15, 0.2) is 5.76 Å². The minimum Gasteiger partial charge on any atom is -0.486 e. The van der Waals surface area contributed by atoms with E-state index in [0.29, 0.717) is 28.6 Å². The predicted octanol–water partition coefficient (Wildman–Crippen LogP) is 4.32. The molecule has 0 spiro atoms. The fraction of sp³-hybridized carbons (Fsp3) is 0.158. The number of carbonyl (C=O) groups is 1. The summed E-state index contributed by atoms with van der Waals surface area (Å²) in [4.78, 5) is 11.7. The summed E-state index contributed by atoms with van der Waals surface area (Å²) in [6.45, 7) is 2.73. The smallest absolute Gasteiger partial charge is 0.251 e. The van der Waals surface area contributed by atoms with Crippen LogP contribution in [0, 0.1) is 0 Å². The summed E-state index contributed by atoms with van der Waals surface area (Å²) in [5.41, 5.74) is 2.24. The molecule has 0 fully saturated rings. The van der Waals surface area contributed by atoms with Gasteiger partial charge in [-0.15, -0.1) is 0 Å². The quantitative estimate of drug-likeness (QED) is 0.714. The predicted molar refractivity (Wildman–Crippen MR) is 95.7 cm³/mol. The van der Waals surface area contributed by atoms with Crippen molar-refractivity contribution in [1.82, 2.24) is 10.5 Å². The van der Waals surface area contributed by atoms with Crippen LogP contribution in [0.25, 0.3) is 11.3 Å². The van der Waals surface area contributed by atoms with Crippen molar-refractivity contribution in [3.63, 3.8) is 0 Å². The van der Waals surface area contributed by atoms with Crippen LogP contribution in [-0.2, 0) is 6.61 Å². The van der Waals surface area contributed by atoms with E-state index >= 15 is 0 Å². The fourth-order valence-corrected chi connectivity index (χ4v) is 2.38. The Hall–Kier alpha value is -2.79. The zero-order chi connectivity index (χ0) is 17.6. The Kier molecular flexibility index (Phi) is 5.36. The Balaban J connectivity index is 1.60. The van der Waals surface area contributed by atoms with Crippen LogP contribution in [0.2, 0.25) is 5.02 Å². The van der Waals surface area contributed by atoms with Gasteiger partial charge in [-0.05, 0) is 43.3 Å². The van der Waals surface area contributed by atoms with E-state index in [1.165, 1.54) is 0 Å². The first-order valence-electron chi connectivity index (χ1n) is 7.88. The number of rotatable bonds is 6. The molecule has 0 saturated carbocycles. The molecule has 5 nitrogen and oxygen atoms in total. The molecule has 25 heavy (non-hydrogen) atoms. The van der Waals surface area contributed by atoms with Gasteiger partial charge in [0.2, 0.25) is 0 Å². The van der Waals surface area contributed by atoms with E-state index in [-0.39, 0.29) is 12.5 Å². The van der Waals surface area contributed by atoms with Crippen LogP contribution < -0.4 is 10.1 Å². The normalized spacial score (nSPS) is 10.5. The Labute approximate surface area is 150 Å². The second kappa shape index (κ2) is 7.85. The van der Waals surface area contributed by atoms with Crippen molar-refractivity contribution in [1.29, 1.82) is 0 Å². The molecule has 0 aliphatic heterocycles.